The molecule has 1 aromatic carbocycles. The number of fused-ring (bicyclic) bond motifs is 2. The van der Waals surface area contributed by atoms with Crippen molar-refractivity contribution in [3.8, 4) is 0 Å². The molecule has 0 radical (unpaired) electrons. The van der Waals surface area contributed by atoms with E-state index in [1.54, 1.807) is 6.92 Å². The van der Waals surface area contributed by atoms with Gasteiger partial charge in [0.1, 0.15) is 0 Å². The minimum Gasteiger partial charge on any atom is -0.397 e. The Hall–Kier alpha value is -1.71. The third-order valence-corrected chi connectivity index (χ3v) is 4.47. The highest BCUT2D eigenvalue weighted by atomic mass is 16.2. The van der Waals surface area contributed by atoms with E-state index in [2.05, 4.69) is 0 Å². The Morgan fingerprint density at radius 2 is 1.83 bits per heavy atom. The number of anilines is 3. The Morgan fingerprint density at radius 1 is 1.22 bits per heavy atom. The van der Waals surface area contributed by atoms with Crippen LogP contribution in [0.15, 0.2) is 12.1 Å². The Bertz CT molecular complexity index is 518. The van der Waals surface area contributed by atoms with Gasteiger partial charge in [-0.2, -0.15) is 0 Å². The standard InChI is InChI=1S/C14H19N3O/c1-9(18)17-8-14(4-2-3-5-14)10-6-11(15)12(16)7-13(10)17/h6-7H,2-5,8,15-16H2,1H3. The molecule has 0 saturated heterocycles. The lowest BCUT2D eigenvalue weighted by atomic mass is 9.80. The van der Waals surface area contributed by atoms with Crippen LogP contribution in [0.5, 0.6) is 0 Å². The summed E-state index contributed by atoms with van der Waals surface area (Å²) in [5.74, 6) is 0.0872. The van der Waals surface area contributed by atoms with E-state index in [1.807, 2.05) is 17.0 Å². The highest BCUT2D eigenvalue weighted by Crippen LogP contribution is 2.51. The van der Waals surface area contributed by atoms with Gasteiger partial charge in [-0.1, -0.05) is 12.8 Å². The molecule has 1 saturated carbocycles. The van der Waals surface area contributed by atoms with Gasteiger partial charge < -0.3 is 16.4 Å². The van der Waals surface area contributed by atoms with Gasteiger partial charge in [-0.15, -0.1) is 0 Å². The SMILES string of the molecule is CC(=O)N1CC2(CCCC2)c2cc(N)c(N)cc21. The molecule has 1 aliphatic heterocycles. The van der Waals surface area contributed by atoms with Crippen LogP contribution in [0.2, 0.25) is 0 Å². The Kier molecular flexibility index (Phi) is 2.30. The summed E-state index contributed by atoms with van der Waals surface area (Å²) in [6, 6.07) is 3.85. The van der Waals surface area contributed by atoms with Crippen LogP contribution in [0.4, 0.5) is 17.1 Å². The molecule has 1 heterocycles. The molecule has 1 aliphatic carbocycles. The summed E-state index contributed by atoms with van der Waals surface area (Å²) >= 11 is 0. The van der Waals surface area contributed by atoms with E-state index in [0.717, 1.165) is 25.1 Å². The van der Waals surface area contributed by atoms with Gasteiger partial charge in [-0.3, -0.25) is 4.79 Å². The van der Waals surface area contributed by atoms with Crippen LogP contribution in [0.1, 0.15) is 38.2 Å². The van der Waals surface area contributed by atoms with Crippen LogP contribution >= 0.6 is 0 Å². The van der Waals surface area contributed by atoms with Crippen molar-refractivity contribution in [2.75, 3.05) is 22.9 Å². The van der Waals surface area contributed by atoms with Crippen molar-refractivity contribution in [2.24, 2.45) is 0 Å². The first-order valence-corrected chi connectivity index (χ1v) is 6.51. The van der Waals surface area contributed by atoms with Crippen LogP contribution in [-0.4, -0.2) is 12.5 Å². The van der Waals surface area contributed by atoms with Gasteiger partial charge in [0.25, 0.3) is 0 Å². The number of amides is 1. The lowest BCUT2D eigenvalue weighted by Crippen LogP contribution is -2.34. The third-order valence-electron chi connectivity index (χ3n) is 4.47. The van der Waals surface area contributed by atoms with E-state index >= 15 is 0 Å². The van der Waals surface area contributed by atoms with Gasteiger partial charge >= 0.3 is 0 Å². The lowest BCUT2D eigenvalue weighted by Gasteiger charge is -2.24. The summed E-state index contributed by atoms with van der Waals surface area (Å²) in [5.41, 5.74) is 15.3. The zero-order valence-corrected chi connectivity index (χ0v) is 10.7. The first-order valence-electron chi connectivity index (χ1n) is 6.51. The maximum Gasteiger partial charge on any atom is 0.223 e. The molecule has 1 fully saturated rings. The zero-order chi connectivity index (χ0) is 12.9. The van der Waals surface area contributed by atoms with Gasteiger partial charge in [0.05, 0.1) is 11.4 Å². The molecular weight excluding hydrogens is 226 g/mol. The fourth-order valence-electron chi connectivity index (χ4n) is 3.50. The van der Waals surface area contributed by atoms with Crippen molar-refractivity contribution in [1.29, 1.82) is 0 Å². The van der Waals surface area contributed by atoms with Crippen molar-refractivity contribution in [3.05, 3.63) is 17.7 Å². The largest absolute Gasteiger partial charge is 0.397 e. The summed E-state index contributed by atoms with van der Waals surface area (Å²) < 4.78 is 0. The minimum atomic E-state index is 0.0872. The second-order valence-corrected chi connectivity index (χ2v) is 5.59. The van der Waals surface area contributed by atoms with Gasteiger partial charge in [-0.25, -0.2) is 0 Å². The zero-order valence-electron chi connectivity index (χ0n) is 10.7. The summed E-state index contributed by atoms with van der Waals surface area (Å²) in [4.78, 5) is 13.7. The Balaban J connectivity index is 2.18. The monoisotopic (exact) mass is 245 g/mol. The smallest absolute Gasteiger partial charge is 0.223 e. The Morgan fingerprint density at radius 3 is 2.44 bits per heavy atom. The summed E-state index contributed by atoms with van der Waals surface area (Å²) in [6.45, 7) is 2.41. The lowest BCUT2D eigenvalue weighted by molar-refractivity contribution is -0.116. The van der Waals surface area contributed by atoms with Gasteiger partial charge in [0.2, 0.25) is 5.91 Å². The van der Waals surface area contributed by atoms with Crippen molar-refractivity contribution < 1.29 is 4.79 Å². The number of hydrogen-bond acceptors (Lipinski definition) is 3. The van der Waals surface area contributed by atoms with E-state index in [9.17, 15) is 4.79 Å². The fourth-order valence-corrected chi connectivity index (χ4v) is 3.50. The van der Waals surface area contributed by atoms with Crippen LogP contribution in [0.25, 0.3) is 0 Å². The molecule has 4 heteroatoms. The highest BCUT2D eigenvalue weighted by Gasteiger charge is 2.45. The molecule has 1 amide bonds. The van der Waals surface area contributed by atoms with E-state index in [-0.39, 0.29) is 11.3 Å². The van der Waals surface area contributed by atoms with Crippen LogP contribution in [0, 0.1) is 0 Å². The predicted molar refractivity (Wildman–Crippen MR) is 73.4 cm³/mol. The average Bonchev–Trinajstić information content (AvgIpc) is 2.89. The molecule has 1 aromatic rings. The number of nitrogen functional groups attached to an aromatic ring is 2. The van der Waals surface area contributed by atoms with Crippen LogP contribution in [0.3, 0.4) is 0 Å². The Labute approximate surface area is 107 Å². The summed E-state index contributed by atoms with van der Waals surface area (Å²) in [5, 5.41) is 0. The number of rotatable bonds is 0. The number of carbonyl (C=O) groups excluding carboxylic acids is 1. The second-order valence-electron chi connectivity index (χ2n) is 5.59. The molecule has 0 bridgehead atoms. The van der Waals surface area contributed by atoms with Gasteiger partial charge in [0, 0.05) is 24.6 Å². The average molecular weight is 245 g/mol. The molecule has 1 spiro atoms. The maximum absolute atomic E-state index is 11.8. The van der Waals surface area contributed by atoms with E-state index in [0.29, 0.717) is 11.4 Å². The normalized spacial score (nSPS) is 20.4. The predicted octanol–water partition coefficient (Wildman–Crippen LogP) is 2.03. The van der Waals surface area contributed by atoms with E-state index < -0.39 is 0 Å². The fraction of sp³-hybridized carbons (Fsp3) is 0.500. The molecule has 96 valence electrons. The summed E-state index contributed by atoms with van der Waals surface area (Å²) in [7, 11) is 0. The topological polar surface area (TPSA) is 72.3 Å². The van der Waals surface area contributed by atoms with Crippen molar-refractivity contribution in [1.82, 2.24) is 0 Å². The van der Waals surface area contributed by atoms with E-state index in [1.165, 1.54) is 18.4 Å². The number of nitrogens with two attached hydrogens (primary N) is 2. The molecular formula is C14H19N3O. The maximum atomic E-state index is 11.8. The van der Waals surface area contributed by atoms with E-state index in [4.69, 9.17) is 11.5 Å². The third kappa shape index (κ3) is 1.41. The molecule has 18 heavy (non-hydrogen) atoms. The first kappa shape index (κ1) is 11.4. The molecule has 3 rings (SSSR count). The second kappa shape index (κ2) is 3.64. The van der Waals surface area contributed by atoms with Gasteiger partial charge in [0.15, 0.2) is 0 Å². The molecule has 2 aliphatic rings. The van der Waals surface area contributed by atoms with Crippen molar-refractivity contribution in [3.63, 3.8) is 0 Å². The molecule has 0 aromatic heterocycles. The van der Waals surface area contributed by atoms with Crippen molar-refractivity contribution in [2.45, 2.75) is 38.0 Å². The number of benzene rings is 1. The number of nitrogens with zero attached hydrogens (tertiary/aromatic N) is 1. The molecule has 0 atom stereocenters. The highest BCUT2D eigenvalue weighted by molar-refractivity contribution is 5.96. The summed E-state index contributed by atoms with van der Waals surface area (Å²) in [6.07, 6.45) is 4.76. The molecule has 4 nitrogen and oxygen atoms in total. The number of carbonyl (C=O) groups is 1. The molecule has 0 unspecified atom stereocenters. The van der Waals surface area contributed by atoms with Crippen LogP contribution < -0.4 is 16.4 Å². The van der Waals surface area contributed by atoms with Crippen LogP contribution in [-0.2, 0) is 10.2 Å². The quantitative estimate of drug-likeness (QED) is 0.687. The minimum absolute atomic E-state index is 0.0872. The van der Waals surface area contributed by atoms with Gasteiger partial charge in [-0.05, 0) is 30.5 Å². The van der Waals surface area contributed by atoms with Crippen molar-refractivity contribution >= 4 is 23.0 Å². The number of hydrogen-bond donors (Lipinski definition) is 2. The molecule has 4 N–H and O–H groups in total. The first-order chi connectivity index (χ1) is 8.53.